The monoisotopic (exact) mass is 484 g/mol. The van der Waals surface area contributed by atoms with Crippen LogP contribution in [0.15, 0.2) is 60.3 Å². The predicted molar refractivity (Wildman–Crippen MR) is 136 cm³/mol. The number of piperazine rings is 1. The largest absolute Gasteiger partial charge is 0.390 e. The molecular formula is C26H33ClN4O3. The molecule has 0 bridgehead atoms. The van der Waals surface area contributed by atoms with Crippen LogP contribution in [0.4, 0.5) is 5.69 Å². The van der Waals surface area contributed by atoms with Crippen LogP contribution in [0.3, 0.4) is 0 Å². The lowest BCUT2D eigenvalue weighted by Gasteiger charge is -2.44. The molecule has 8 heteroatoms. The first-order valence-corrected chi connectivity index (χ1v) is 11.9. The zero-order chi connectivity index (χ0) is 24.7. The number of allylic oxidation sites excluding steroid dienone is 2. The second-order valence-electron chi connectivity index (χ2n) is 8.37. The van der Waals surface area contributed by atoms with E-state index in [1.807, 2.05) is 19.1 Å². The van der Waals surface area contributed by atoms with Crippen molar-refractivity contribution in [2.75, 3.05) is 31.1 Å². The van der Waals surface area contributed by atoms with Crippen molar-refractivity contribution in [2.24, 2.45) is 5.73 Å². The lowest BCUT2D eigenvalue weighted by atomic mass is 9.98. The first-order valence-electron chi connectivity index (χ1n) is 11.5. The number of hydrogen-bond donors (Lipinski definition) is 3. The molecule has 1 aromatic carbocycles. The molecule has 3 rings (SSSR count). The molecule has 1 aromatic heterocycles. The Balaban J connectivity index is 1.85. The molecular weight excluding hydrogens is 452 g/mol. The number of pyridine rings is 1. The SMILES string of the molecule is C/C=C\C(=C/CC)[C@@H]1CN(CC(O)c2ccc(CO)nc2)CCN1c1ccc(C(N)=O)cc1Cl. The Morgan fingerprint density at radius 3 is 2.71 bits per heavy atom. The molecule has 1 fully saturated rings. The van der Waals surface area contributed by atoms with Crippen LogP contribution in [-0.4, -0.2) is 58.2 Å². The Morgan fingerprint density at radius 1 is 1.32 bits per heavy atom. The van der Waals surface area contributed by atoms with Crippen molar-refractivity contribution < 1.29 is 15.0 Å². The highest BCUT2D eigenvalue weighted by atomic mass is 35.5. The van der Waals surface area contributed by atoms with E-state index >= 15 is 0 Å². The molecule has 0 spiro atoms. The zero-order valence-electron chi connectivity index (χ0n) is 19.7. The Hall–Kier alpha value is -2.71. The van der Waals surface area contributed by atoms with Crippen LogP contribution in [0.5, 0.6) is 0 Å². The third kappa shape index (κ3) is 6.24. The van der Waals surface area contributed by atoms with Gasteiger partial charge in [0.25, 0.3) is 0 Å². The topological polar surface area (TPSA) is 103 Å². The molecule has 0 radical (unpaired) electrons. The van der Waals surface area contributed by atoms with E-state index in [0.717, 1.165) is 24.2 Å². The highest BCUT2D eigenvalue weighted by molar-refractivity contribution is 6.33. The van der Waals surface area contributed by atoms with Gasteiger partial charge >= 0.3 is 0 Å². The number of amides is 1. The third-order valence-electron chi connectivity index (χ3n) is 6.02. The summed E-state index contributed by atoms with van der Waals surface area (Å²) in [6, 6.07) is 8.73. The van der Waals surface area contributed by atoms with Gasteiger partial charge < -0.3 is 20.8 Å². The van der Waals surface area contributed by atoms with E-state index in [2.05, 4.69) is 33.9 Å². The van der Waals surface area contributed by atoms with Crippen molar-refractivity contribution in [1.82, 2.24) is 9.88 Å². The van der Waals surface area contributed by atoms with Gasteiger partial charge in [-0.1, -0.05) is 42.8 Å². The second-order valence-corrected chi connectivity index (χ2v) is 8.78. The highest BCUT2D eigenvalue weighted by Crippen LogP contribution is 2.33. The van der Waals surface area contributed by atoms with Crippen molar-refractivity contribution in [2.45, 2.75) is 39.0 Å². The summed E-state index contributed by atoms with van der Waals surface area (Å²) in [6.45, 7) is 6.58. The normalized spacial score (nSPS) is 18.4. The van der Waals surface area contributed by atoms with Crippen molar-refractivity contribution in [3.63, 3.8) is 0 Å². The number of β-amino-alcohol motifs (C(OH)–C–C–N with tert-alkyl or cyclic N) is 1. The summed E-state index contributed by atoms with van der Waals surface area (Å²) in [6.07, 6.45) is 8.17. The average molecular weight is 485 g/mol. The summed E-state index contributed by atoms with van der Waals surface area (Å²) in [4.78, 5) is 20.2. The molecule has 0 aliphatic carbocycles. The number of hydrogen-bond acceptors (Lipinski definition) is 6. The maximum Gasteiger partial charge on any atom is 0.248 e. The van der Waals surface area contributed by atoms with Gasteiger partial charge in [0.1, 0.15) is 0 Å². The Kier molecular flexibility index (Phi) is 9.24. The van der Waals surface area contributed by atoms with Crippen LogP contribution in [-0.2, 0) is 6.61 Å². The summed E-state index contributed by atoms with van der Waals surface area (Å²) in [5.41, 5.74) is 9.12. The maximum atomic E-state index is 11.6. The van der Waals surface area contributed by atoms with Crippen LogP contribution < -0.4 is 10.6 Å². The number of aliphatic hydroxyl groups excluding tert-OH is 2. The number of nitrogens with two attached hydrogens (primary N) is 1. The fourth-order valence-corrected chi connectivity index (χ4v) is 4.58. The average Bonchev–Trinajstić information content (AvgIpc) is 2.84. The molecule has 182 valence electrons. The number of anilines is 1. The Labute approximate surface area is 206 Å². The molecule has 1 unspecified atom stereocenters. The molecule has 2 heterocycles. The highest BCUT2D eigenvalue weighted by Gasteiger charge is 2.31. The molecule has 1 saturated heterocycles. The van der Waals surface area contributed by atoms with Gasteiger partial charge in [0.2, 0.25) is 5.91 Å². The van der Waals surface area contributed by atoms with E-state index in [9.17, 15) is 15.0 Å². The quantitative estimate of drug-likeness (QED) is 0.471. The molecule has 1 aliphatic heterocycles. The summed E-state index contributed by atoms with van der Waals surface area (Å²) in [5.74, 6) is -0.509. The number of benzene rings is 1. The van der Waals surface area contributed by atoms with E-state index in [1.54, 1.807) is 30.5 Å². The smallest absolute Gasteiger partial charge is 0.248 e. The van der Waals surface area contributed by atoms with Gasteiger partial charge in [-0.05, 0) is 43.2 Å². The van der Waals surface area contributed by atoms with Crippen LogP contribution in [0.25, 0.3) is 0 Å². The number of halogens is 1. The first kappa shape index (κ1) is 25.9. The van der Waals surface area contributed by atoms with Crippen LogP contribution in [0.1, 0.15) is 48.0 Å². The lowest BCUT2D eigenvalue weighted by molar-refractivity contribution is 0.1000. The lowest BCUT2D eigenvalue weighted by Crippen LogP contribution is -2.54. The maximum absolute atomic E-state index is 11.6. The van der Waals surface area contributed by atoms with Gasteiger partial charge in [0.15, 0.2) is 0 Å². The van der Waals surface area contributed by atoms with Crippen molar-refractivity contribution in [3.05, 3.63) is 82.2 Å². The standard InChI is InChI=1S/C26H33ClN4O3/c1-3-5-18(6-4-2)24-15-30(16-25(33)20-7-9-21(17-32)29-14-20)11-12-31(24)23-10-8-19(26(28)34)13-22(23)27/h3,5-10,13-14,24-25,32-33H,4,11-12,15-17H2,1-2H3,(H2,28,34)/b5-3-,18-6+/t24-,25?/m0/s1. The molecule has 2 aromatic rings. The minimum absolute atomic E-state index is 0.0175. The van der Waals surface area contributed by atoms with Gasteiger partial charge in [-0.2, -0.15) is 0 Å². The second kappa shape index (κ2) is 12.1. The van der Waals surface area contributed by atoms with E-state index in [4.69, 9.17) is 17.3 Å². The van der Waals surface area contributed by atoms with Crippen molar-refractivity contribution in [3.8, 4) is 0 Å². The Bertz CT molecular complexity index is 1040. The van der Waals surface area contributed by atoms with E-state index in [0.29, 0.717) is 35.9 Å². The molecule has 1 amide bonds. The predicted octanol–water partition coefficient (Wildman–Crippen LogP) is 3.46. The van der Waals surface area contributed by atoms with Crippen molar-refractivity contribution in [1.29, 1.82) is 0 Å². The molecule has 0 saturated carbocycles. The Morgan fingerprint density at radius 2 is 2.12 bits per heavy atom. The van der Waals surface area contributed by atoms with Crippen LogP contribution in [0, 0.1) is 0 Å². The fraction of sp³-hybridized carbons (Fsp3) is 0.385. The molecule has 2 atom stereocenters. The van der Waals surface area contributed by atoms with Gasteiger partial charge in [0, 0.05) is 43.5 Å². The summed E-state index contributed by atoms with van der Waals surface area (Å²) < 4.78 is 0. The number of carbonyl (C=O) groups is 1. The summed E-state index contributed by atoms with van der Waals surface area (Å²) >= 11 is 6.59. The molecule has 4 N–H and O–H groups in total. The zero-order valence-corrected chi connectivity index (χ0v) is 20.4. The number of nitrogens with zero attached hydrogens (tertiary/aromatic N) is 3. The molecule has 7 nitrogen and oxygen atoms in total. The fourth-order valence-electron chi connectivity index (χ4n) is 4.29. The van der Waals surface area contributed by atoms with Crippen molar-refractivity contribution >= 4 is 23.2 Å². The van der Waals surface area contributed by atoms with Gasteiger partial charge in [-0.3, -0.25) is 14.7 Å². The van der Waals surface area contributed by atoms with E-state index in [-0.39, 0.29) is 12.6 Å². The minimum Gasteiger partial charge on any atom is -0.390 e. The number of primary amides is 1. The van der Waals surface area contributed by atoms with Crippen LogP contribution >= 0.6 is 11.6 Å². The minimum atomic E-state index is -0.689. The van der Waals surface area contributed by atoms with Gasteiger partial charge in [0.05, 0.1) is 35.2 Å². The summed E-state index contributed by atoms with van der Waals surface area (Å²) in [5, 5.41) is 20.5. The van der Waals surface area contributed by atoms with Crippen LogP contribution in [0.2, 0.25) is 5.02 Å². The van der Waals surface area contributed by atoms with E-state index in [1.165, 1.54) is 5.57 Å². The number of carbonyl (C=O) groups excluding carboxylic acids is 1. The summed E-state index contributed by atoms with van der Waals surface area (Å²) in [7, 11) is 0. The number of rotatable bonds is 9. The van der Waals surface area contributed by atoms with E-state index < -0.39 is 12.0 Å². The van der Waals surface area contributed by atoms with Gasteiger partial charge in [-0.25, -0.2) is 0 Å². The first-order chi connectivity index (χ1) is 16.4. The van der Waals surface area contributed by atoms with Gasteiger partial charge in [-0.15, -0.1) is 0 Å². The third-order valence-corrected chi connectivity index (χ3v) is 6.32. The number of aliphatic hydroxyl groups is 2. The number of aromatic nitrogens is 1. The molecule has 1 aliphatic rings. The molecule has 34 heavy (non-hydrogen) atoms.